The van der Waals surface area contributed by atoms with E-state index in [1.165, 1.54) is 0 Å². The SMILES string of the molecule is CCOc1ccc(C(=O)Nc2ccccc2OC[C@@H]2CCCO2)cc1. The van der Waals surface area contributed by atoms with Crippen LogP contribution in [-0.2, 0) is 4.74 Å². The zero-order chi connectivity index (χ0) is 17.5. The number of carbonyl (C=O) groups excluding carboxylic acids is 1. The summed E-state index contributed by atoms with van der Waals surface area (Å²) in [5.41, 5.74) is 1.22. The Bertz CT molecular complexity index is 693. The van der Waals surface area contributed by atoms with Crippen molar-refractivity contribution in [1.29, 1.82) is 0 Å². The highest BCUT2D eigenvalue weighted by molar-refractivity contribution is 6.05. The van der Waals surface area contributed by atoms with Crippen molar-refractivity contribution in [1.82, 2.24) is 0 Å². The van der Waals surface area contributed by atoms with Gasteiger partial charge in [-0.25, -0.2) is 0 Å². The second-order valence-corrected chi connectivity index (χ2v) is 5.85. The van der Waals surface area contributed by atoms with Gasteiger partial charge in [0.05, 0.1) is 18.4 Å². The average molecular weight is 341 g/mol. The predicted octanol–water partition coefficient (Wildman–Crippen LogP) is 3.90. The zero-order valence-corrected chi connectivity index (χ0v) is 14.4. The first kappa shape index (κ1) is 17.3. The maximum atomic E-state index is 12.5. The Hall–Kier alpha value is -2.53. The number of carbonyl (C=O) groups is 1. The number of para-hydroxylation sites is 2. The molecule has 0 aromatic heterocycles. The Morgan fingerprint density at radius 2 is 1.96 bits per heavy atom. The zero-order valence-electron chi connectivity index (χ0n) is 14.4. The number of anilines is 1. The monoisotopic (exact) mass is 341 g/mol. The van der Waals surface area contributed by atoms with E-state index >= 15 is 0 Å². The van der Waals surface area contributed by atoms with Crippen LogP contribution in [0.5, 0.6) is 11.5 Å². The lowest BCUT2D eigenvalue weighted by molar-refractivity contribution is 0.0682. The van der Waals surface area contributed by atoms with E-state index in [9.17, 15) is 4.79 Å². The molecule has 5 heteroatoms. The summed E-state index contributed by atoms with van der Waals surface area (Å²) >= 11 is 0. The van der Waals surface area contributed by atoms with Crippen LogP contribution in [0.3, 0.4) is 0 Å². The molecule has 2 aromatic rings. The van der Waals surface area contributed by atoms with Crippen molar-refractivity contribution in [3.8, 4) is 11.5 Å². The summed E-state index contributed by atoms with van der Waals surface area (Å²) in [5, 5.41) is 2.91. The molecule has 3 rings (SSSR count). The molecule has 1 N–H and O–H groups in total. The fourth-order valence-corrected chi connectivity index (χ4v) is 2.72. The first-order valence-corrected chi connectivity index (χ1v) is 8.64. The van der Waals surface area contributed by atoms with E-state index in [0.29, 0.717) is 30.2 Å². The Kier molecular flexibility index (Phi) is 5.90. The van der Waals surface area contributed by atoms with Crippen molar-refractivity contribution in [2.75, 3.05) is 25.1 Å². The van der Waals surface area contributed by atoms with Crippen molar-refractivity contribution in [2.24, 2.45) is 0 Å². The van der Waals surface area contributed by atoms with Crippen LogP contribution in [0.25, 0.3) is 0 Å². The predicted molar refractivity (Wildman–Crippen MR) is 96.5 cm³/mol. The number of ether oxygens (including phenoxy) is 3. The second-order valence-electron chi connectivity index (χ2n) is 5.85. The highest BCUT2D eigenvalue weighted by Gasteiger charge is 2.17. The molecule has 1 aliphatic rings. The summed E-state index contributed by atoms with van der Waals surface area (Å²) in [6.45, 7) is 3.81. The topological polar surface area (TPSA) is 56.8 Å². The maximum Gasteiger partial charge on any atom is 0.255 e. The average Bonchev–Trinajstić information content (AvgIpc) is 3.15. The molecule has 0 saturated carbocycles. The van der Waals surface area contributed by atoms with E-state index < -0.39 is 0 Å². The molecule has 25 heavy (non-hydrogen) atoms. The summed E-state index contributed by atoms with van der Waals surface area (Å²) in [7, 11) is 0. The fourth-order valence-electron chi connectivity index (χ4n) is 2.72. The van der Waals surface area contributed by atoms with Gasteiger partial charge in [0.15, 0.2) is 0 Å². The van der Waals surface area contributed by atoms with Crippen LogP contribution < -0.4 is 14.8 Å². The molecule has 0 aliphatic carbocycles. The molecule has 1 heterocycles. The van der Waals surface area contributed by atoms with Gasteiger partial charge in [0, 0.05) is 12.2 Å². The van der Waals surface area contributed by atoms with Gasteiger partial charge >= 0.3 is 0 Å². The van der Waals surface area contributed by atoms with Crippen LogP contribution in [0.2, 0.25) is 0 Å². The molecule has 1 amide bonds. The lowest BCUT2D eigenvalue weighted by Crippen LogP contribution is -2.18. The van der Waals surface area contributed by atoms with Gasteiger partial charge in [-0.2, -0.15) is 0 Å². The van der Waals surface area contributed by atoms with Gasteiger partial charge in [-0.05, 0) is 56.2 Å². The molecule has 1 saturated heterocycles. The summed E-state index contributed by atoms with van der Waals surface area (Å²) < 4.78 is 16.8. The maximum absolute atomic E-state index is 12.5. The smallest absolute Gasteiger partial charge is 0.255 e. The van der Waals surface area contributed by atoms with Crippen LogP contribution in [0.15, 0.2) is 48.5 Å². The number of benzene rings is 2. The largest absolute Gasteiger partial charge is 0.494 e. The molecule has 1 aliphatic heterocycles. The first-order chi connectivity index (χ1) is 12.3. The van der Waals surface area contributed by atoms with E-state index in [1.807, 2.05) is 31.2 Å². The lowest BCUT2D eigenvalue weighted by atomic mass is 10.2. The summed E-state index contributed by atoms with van der Waals surface area (Å²) in [6, 6.07) is 14.5. The number of amides is 1. The molecule has 0 radical (unpaired) electrons. The molecular formula is C20H23NO4. The summed E-state index contributed by atoms with van der Waals surface area (Å²) in [5.74, 6) is 1.22. The van der Waals surface area contributed by atoms with Gasteiger partial charge < -0.3 is 19.5 Å². The van der Waals surface area contributed by atoms with Gasteiger partial charge in [-0.15, -0.1) is 0 Å². The Morgan fingerprint density at radius 1 is 1.16 bits per heavy atom. The summed E-state index contributed by atoms with van der Waals surface area (Å²) in [6.07, 6.45) is 2.22. The third kappa shape index (κ3) is 4.73. The third-order valence-electron chi connectivity index (χ3n) is 4.01. The Balaban J connectivity index is 1.64. The summed E-state index contributed by atoms with van der Waals surface area (Å²) in [4.78, 5) is 12.5. The quantitative estimate of drug-likeness (QED) is 0.830. The minimum atomic E-state index is -0.184. The van der Waals surface area contributed by atoms with Gasteiger partial charge in [0.25, 0.3) is 5.91 Å². The first-order valence-electron chi connectivity index (χ1n) is 8.64. The third-order valence-corrected chi connectivity index (χ3v) is 4.01. The molecule has 2 aromatic carbocycles. The van der Waals surface area contributed by atoms with Gasteiger partial charge in [0.2, 0.25) is 0 Å². The van der Waals surface area contributed by atoms with Crippen molar-refractivity contribution in [3.63, 3.8) is 0 Å². The van der Waals surface area contributed by atoms with Crippen LogP contribution >= 0.6 is 0 Å². The van der Waals surface area contributed by atoms with Crippen LogP contribution in [0.1, 0.15) is 30.1 Å². The number of nitrogens with one attached hydrogen (secondary N) is 1. The van der Waals surface area contributed by atoms with Gasteiger partial charge in [-0.1, -0.05) is 12.1 Å². The second kappa shape index (κ2) is 8.53. The highest BCUT2D eigenvalue weighted by Crippen LogP contribution is 2.26. The number of rotatable bonds is 7. The minimum Gasteiger partial charge on any atom is -0.494 e. The molecule has 132 valence electrons. The molecular weight excluding hydrogens is 318 g/mol. The van der Waals surface area contributed by atoms with Crippen molar-refractivity contribution in [2.45, 2.75) is 25.9 Å². The Labute approximate surface area is 147 Å². The van der Waals surface area contributed by atoms with E-state index in [-0.39, 0.29) is 12.0 Å². The standard InChI is InChI=1S/C20H23NO4/c1-2-23-16-11-9-15(10-12-16)20(22)21-18-7-3-4-8-19(18)25-14-17-6-5-13-24-17/h3-4,7-12,17H,2,5-6,13-14H2,1H3,(H,21,22)/t17-/m0/s1. The molecule has 0 unspecified atom stereocenters. The van der Waals surface area contributed by atoms with Crippen LogP contribution in [0.4, 0.5) is 5.69 Å². The van der Waals surface area contributed by atoms with Crippen LogP contribution in [-0.4, -0.2) is 31.8 Å². The van der Waals surface area contributed by atoms with Crippen molar-refractivity contribution < 1.29 is 19.0 Å². The fraction of sp³-hybridized carbons (Fsp3) is 0.350. The lowest BCUT2D eigenvalue weighted by Gasteiger charge is -2.15. The highest BCUT2D eigenvalue weighted by atomic mass is 16.5. The molecule has 5 nitrogen and oxygen atoms in total. The molecule has 1 fully saturated rings. The Morgan fingerprint density at radius 3 is 2.68 bits per heavy atom. The van der Waals surface area contributed by atoms with E-state index in [1.54, 1.807) is 24.3 Å². The normalized spacial score (nSPS) is 16.4. The molecule has 0 spiro atoms. The molecule has 1 atom stereocenters. The number of hydrogen-bond donors (Lipinski definition) is 1. The van der Waals surface area contributed by atoms with E-state index in [0.717, 1.165) is 25.2 Å². The molecule has 0 bridgehead atoms. The van der Waals surface area contributed by atoms with E-state index in [4.69, 9.17) is 14.2 Å². The van der Waals surface area contributed by atoms with Gasteiger partial charge in [-0.3, -0.25) is 4.79 Å². The van der Waals surface area contributed by atoms with Crippen molar-refractivity contribution >= 4 is 11.6 Å². The van der Waals surface area contributed by atoms with E-state index in [2.05, 4.69) is 5.32 Å². The number of hydrogen-bond acceptors (Lipinski definition) is 4. The van der Waals surface area contributed by atoms with Crippen molar-refractivity contribution in [3.05, 3.63) is 54.1 Å². The van der Waals surface area contributed by atoms with Crippen LogP contribution in [0, 0.1) is 0 Å². The minimum absolute atomic E-state index is 0.134. The van der Waals surface area contributed by atoms with Gasteiger partial charge in [0.1, 0.15) is 18.1 Å².